The fourth-order valence-electron chi connectivity index (χ4n) is 3.48. The third-order valence-electron chi connectivity index (χ3n) is 5.52. The Kier molecular flexibility index (Phi) is 4.17. The Morgan fingerprint density at radius 1 is 1.12 bits per heavy atom. The molecule has 0 bridgehead atoms. The predicted octanol–water partition coefficient (Wildman–Crippen LogP) is 1.89. The van der Waals surface area contributed by atoms with Gasteiger partial charge in [-0.3, -0.25) is 18.6 Å². The molecule has 26 heavy (non-hydrogen) atoms. The van der Waals surface area contributed by atoms with Gasteiger partial charge in [0.1, 0.15) is 0 Å². The van der Waals surface area contributed by atoms with E-state index in [2.05, 4.69) is 23.4 Å². The fraction of sp³-hybridized carbons (Fsp3) is 0.556. The number of ketones is 1. The Labute approximate surface area is 150 Å². The van der Waals surface area contributed by atoms with E-state index in [4.69, 9.17) is 0 Å². The monoisotopic (exact) mass is 359 g/mol. The van der Waals surface area contributed by atoms with Crippen molar-refractivity contribution in [2.24, 2.45) is 7.05 Å². The number of Topliss-reactive ketones (excluding diaryl/α,β-unsaturated/α-hetero) is 1. The molecule has 0 aromatic carbocycles. The molecule has 0 amide bonds. The van der Waals surface area contributed by atoms with Crippen molar-refractivity contribution in [2.75, 3.05) is 0 Å². The maximum atomic E-state index is 13.2. The molecule has 0 N–H and O–H groups in total. The van der Waals surface area contributed by atoms with Crippen LogP contribution in [0.3, 0.4) is 0 Å². The van der Waals surface area contributed by atoms with Gasteiger partial charge in [0.2, 0.25) is 5.78 Å². The highest BCUT2D eigenvalue weighted by Gasteiger charge is 2.26. The van der Waals surface area contributed by atoms with Gasteiger partial charge in [0.05, 0.1) is 6.04 Å². The first-order chi connectivity index (χ1) is 12.1. The van der Waals surface area contributed by atoms with Crippen molar-refractivity contribution in [2.45, 2.75) is 60.0 Å². The van der Waals surface area contributed by atoms with Crippen LogP contribution >= 0.6 is 0 Å². The zero-order valence-corrected chi connectivity index (χ0v) is 16.3. The first-order valence-electron chi connectivity index (χ1n) is 8.84. The smallest absolute Gasteiger partial charge is 0.311 e. The number of hydrogen-bond acceptors (Lipinski definition) is 4. The molecule has 2 atom stereocenters. The number of nitrogens with zero attached hydrogens (tertiary/aromatic N) is 5. The third kappa shape index (κ3) is 2.21. The van der Waals surface area contributed by atoms with E-state index in [9.17, 15) is 14.4 Å². The normalized spacial score (nSPS) is 14.3. The maximum Gasteiger partial charge on any atom is 0.333 e. The third-order valence-corrected chi connectivity index (χ3v) is 5.52. The van der Waals surface area contributed by atoms with Crippen LogP contribution in [0.5, 0.6) is 0 Å². The fourth-order valence-corrected chi connectivity index (χ4v) is 3.48. The second-order valence-corrected chi connectivity index (χ2v) is 7.02. The molecule has 0 unspecified atom stereocenters. The highest BCUT2D eigenvalue weighted by atomic mass is 16.2. The van der Waals surface area contributed by atoms with E-state index < -0.39 is 17.3 Å². The second-order valence-electron chi connectivity index (χ2n) is 7.02. The Morgan fingerprint density at radius 3 is 2.27 bits per heavy atom. The number of rotatable bonds is 4. The lowest BCUT2D eigenvalue weighted by Gasteiger charge is -2.13. The molecular formula is C18H25N5O3. The Bertz CT molecular complexity index is 1160. The summed E-state index contributed by atoms with van der Waals surface area (Å²) >= 11 is 0. The molecule has 3 heterocycles. The molecule has 0 fully saturated rings. The van der Waals surface area contributed by atoms with Gasteiger partial charge in [0.15, 0.2) is 16.9 Å². The van der Waals surface area contributed by atoms with Gasteiger partial charge in [0.25, 0.3) is 5.56 Å². The van der Waals surface area contributed by atoms with Gasteiger partial charge in [-0.1, -0.05) is 6.92 Å². The standard InChI is InChI=1S/C18H25N5O3/c1-8-9(2)21-10(3)11(4)22-14-15(19-17(21)22)20(7)18(26)23(16(14)25)12(5)13(6)24/h9,12H,8H2,1-7H3/t9-,12-/m0/s1. The van der Waals surface area contributed by atoms with E-state index in [-0.39, 0.29) is 11.8 Å². The van der Waals surface area contributed by atoms with Crippen molar-refractivity contribution in [3.63, 3.8) is 0 Å². The number of imidazole rings is 2. The van der Waals surface area contributed by atoms with E-state index in [1.165, 1.54) is 11.5 Å². The molecule has 0 aliphatic rings. The van der Waals surface area contributed by atoms with Crippen molar-refractivity contribution in [1.29, 1.82) is 0 Å². The predicted molar refractivity (Wildman–Crippen MR) is 100 cm³/mol. The molecule has 0 aliphatic heterocycles. The Morgan fingerprint density at radius 2 is 1.73 bits per heavy atom. The van der Waals surface area contributed by atoms with Crippen LogP contribution in [-0.4, -0.2) is 28.9 Å². The van der Waals surface area contributed by atoms with Crippen molar-refractivity contribution < 1.29 is 4.79 Å². The highest BCUT2D eigenvalue weighted by Crippen LogP contribution is 2.25. The molecule has 3 rings (SSSR count). The summed E-state index contributed by atoms with van der Waals surface area (Å²) < 4.78 is 6.27. The summed E-state index contributed by atoms with van der Waals surface area (Å²) in [6.45, 7) is 11.1. The summed E-state index contributed by atoms with van der Waals surface area (Å²) in [7, 11) is 1.58. The lowest BCUT2D eigenvalue weighted by Crippen LogP contribution is -2.42. The first kappa shape index (κ1) is 18.2. The number of carbonyl (C=O) groups is 1. The lowest BCUT2D eigenvalue weighted by molar-refractivity contribution is -0.119. The second kappa shape index (κ2) is 5.96. The minimum Gasteiger partial charge on any atom is -0.311 e. The first-order valence-corrected chi connectivity index (χ1v) is 8.84. The van der Waals surface area contributed by atoms with Crippen LogP contribution in [0.1, 0.15) is 57.6 Å². The Hall–Kier alpha value is -2.64. The van der Waals surface area contributed by atoms with Crippen molar-refractivity contribution in [1.82, 2.24) is 23.1 Å². The van der Waals surface area contributed by atoms with E-state index in [1.54, 1.807) is 14.0 Å². The van der Waals surface area contributed by atoms with E-state index in [0.29, 0.717) is 16.9 Å². The van der Waals surface area contributed by atoms with E-state index >= 15 is 0 Å². The quantitative estimate of drug-likeness (QED) is 0.712. The molecule has 3 aromatic rings. The lowest BCUT2D eigenvalue weighted by atomic mass is 10.2. The van der Waals surface area contributed by atoms with Gasteiger partial charge in [-0.25, -0.2) is 9.36 Å². The molecule has 0 aliphatic carbocycles. The molecule has 0 saturated heterocycles. The molecule has 0 spiro atoms. The van der Waals surface area contributed by atoms with Gasteiger partial charge < -0.3 is 4.57 Å². The van der Waals surface area contributed by atoms with Gasteiger partial charge >= 0.3 is 5.69 Å². The number of carbonyl (C=O) groups excluding carboxylic acids is 1. The van der Waals surface area contributed by atoms with Gasteiger partial charge in [-0.05, 0) is 41.0 Å². The molecule has 0 saturated carbocycles. The number of fused-ring (bicyclic) bond motifs is 3. The van der Waals surface area contributed by atoms with Crippen molar-refractivity contribution >= 4 is 22.7 Å². The number of hydrogen-bond donors (Lipinski definition) is 0. The molecule has 0 radical (unpaired) electrons. The van der Waals surface area contributed by atoms with Crippen LogP contribution in [-0.2, 0) is 11.8 Å². The summed E-state index contributed by atoms with van der Waals surface area (Å²) in [6, 6.07) is -0.618. The number of aromatic nitrogens is 5. The minimum atomic E-state index is -0.825. The summed E-state index contributed by atoms with van der Waals surface area (Å²) in [4.78, 5) is 42.3. The summed E-state index contributed by atoms with van der Waals surface area (Å²) in [5.74, 6) is 0.402. The summed E-state index contributed by atoms with van der Waals surface area (Å²) in [6.07, 6.45) is 0.915. The van der Waals surface area contributed by atoms with Crippen molar-refractivity contribution in [3.05, 3.63) is 32.2 Å². The average molecular weight is 359 g/mol. The molecule has 8 nitrogen and oxygen atoms in total. The maximum absolute atomic E-state index is 13.2. The minimum absolute atomic E-state index is 0.207. The SMILES string of the molecule is CC[C@H](C)n1c(C)c(C)n2c3c(=O)n([C@@H](C)C(C)=O)c(=O)n(C)c3nc12. The van der Waals surface area contributed by atoms with Crippen LogP contribution in [0, 0.1) is 13.8 Å². The topological polar surface area (TPSA) is 83.3 Å². The van der Waals surface area contributed by atoms with Crippen LogP contribution in [0.15, 0.2) is 9.59 Å². The van der Waals surface area contributed by atoms with Crippen LogP contribution in [0.2, 0.25) is 0 Å². The van der Waals surface area contributed by atoms with Crippen molar-refractivity contribution in [3.8, 4) is 0 Å². The van der Waals surface area contributed by atoms with E-state index in [1.807, 2.05) is 18.2 Å². The van der Waals surface area contributed by atoms with E-state index in [0.717, 1.165) is 22.4 Å². The van der Waals surface area contributed by atoms with Gasteiger partial charge in [-0.2, -0.15) is 4.98 Å². The zero-order chi connectivity index (χ0) is 19.5. The number of aryl methyl sites for hydroxylation is 2. The zero-order valence-electron chi connectivity index (χ0n) is 16.3. The molecule has 140 valence electrons. The van der Waals surface area contributed by atoms with Crippen LogP contribution in [0.25, 0.3) is 16.9 Å². The average Bonchev–Trinajstić information content (AvgIpc) is 3.08. The summed E-state index contributed by atoms with van der Waals surface area (Å²) in [5, 5.41) is 0. The summed E-state index contributed by atoms with van der Waals surface area (Å²) in [5.41, 5.74) is 1.59. The molecule has 3 aromatic heterocycles. The largest absolute Gasteiger partial charge is 0.333 e. The highest BCUT2D eigenvalue weighted by molar-refractivity contribution is 5.81. The van der Waals surface area contributed by atoms with Crippen LogP contribution < -0.4 is 11.2 Å². The van der Waals surface area contributed by atoms with Gasteiger partial charge in [0, 0.05) is 24.5 Å². The van der Waals surface area contributed by atoms with Crippen LogP contribution in [0.4, 0.5) is 0 Å². The Balaban J connectivity index is 2.58. The van der Waals surface area contributed by atoms with Gasteiger partial charge in [-0.15, -0.1) is 0 Å². The molecular weight excluding hydrogens is 334 g/mol. The molecule has 8 heteroatoms.